The van der Waals surface area contributed by atoms with E-state index in [-0.39, 0.29) is 11.9 Å². The molecule has 1 fully saturated rings. The van der Waals surface area contributed by atoms with E-state index < -0.39 is 0 Å². The Morgan fingerprint density at radius 1 is 1.20 bits per heavy atom. The van der Waals surface area contributed by atoms with Gasteiger partial charge in [-0.15, -0.1) is 0 Å². The Bertz CT molecular complexity index is 426. The van der Waals surface area contributed by atoms with Crippen molar-refractivity contribution in [2.75, 3.05) is 7.05 Å². The molecule has 1 aromatic carbocycles. The lowest BCUT2D eigenvalue weighted by molar-refractivity contribution is 0.161. The molecule has 1 unspecified atom stereocenters. The maximum absolute atomic E-state index is 13.8. The fourth-order valence-corrected chi connectivity index (χ4v) is 4.26. The number of nitrogens with one attached hydrogen (secondary N) is 1. The van der Waals surface area contributed by atoms with E-state index in [0.717, 1.165) is 11.1 Å². The van der Waals surface area contributed by atoms with Crippen molar-refractivity contribution in [3.63, 3.8) is 0 Å². The quantitative estimate of drug-likeness (QED) is 0.798. The van der Waals surface area contributed by atoms with Gasteiger partial charge in [0.1, 0.15) is 5.82 Å². The Kier molecular flexibility index (Phi) is 4.85. The molecule has 0 saturated heterocycles. The van der Waals surface area contributed by atoms with Crippen LogP contribution in [0.15, 0.2) is 18.2 Å². The number of rotatable bonds is 5. The van der Waals surface area contributed by atoms with E-state index in [9.17, 15) is 4.39 Å². The van der Waals surface area contributed by atoms with Crippen molar-refractivity contribution in [2.24, 2.45) is 11.3 Å². The predicted octanol–water partition coefficient (Wildman–Crippen LogP) is 5.00. The van der Waals surface area contributed by atoms with Crippen LogP contribution in [0, 0.1) is 24.1 Å². The highest BCUT2D eigenvalue weighted by Gasteiger charge is 2.41. The molecule has 2 rings (SSSR count). The van der Waals surface area contributed by atoms with Crippen molar-refractivity contribution >= 4 is 0 Å². The van der Waals surface area contributed by atoms with Crippen LogP contribution in [0.2, 0.25) is 0 Å². The molecule has 1 N–H and O–H groups in total. The Balaban J connectivity index is 2.37. The summed E-state index contributed by atoms with van der Waals surface area (Å²) in [5.41, 5.74) is 2.42. The molecular formula is C18H28FN. The number of aryl methyl sites for hydroxylation is 1. The van der Waals surface area contributed by atoms with Crippen molar-refractivity contribution in [3.05, 3.63) is 35.1 Å². The van der Waals surface area contributed by atoms with Crippen LogP contribution in [0.1, 0.15) is 63.1 Å². The first kappa shape index (κ1) is 15.5. The van der Waals surface area contributed by atoms with Gasteiger partial charge in [0.15, 0.2) is 0 Å². The second kappa shape index (κ2) is 6.26. The van der Waals surface area contributed by atoms with E-state index in [2.05, 4.69) is 25.2 Å². The van der Waals surface area contributed by atoms with Crippen molar-refractivity contribution in [1.29, 1.82) is 0 Å². The molecule has 112 valence electrons. The lowest BCUT2D eigenvalue weighted by Crippen LogP contribution is -2.36. The van der Waals surface area contributed by atoms with Gasteiger partial charge in [0, 0.05) is 6.04 Å². The van der Waals surface area contributed by atoms with Gasteiger partial charge in [0.2, 0.25) is 0 Å². The summed E-state index contributed by atoms with van der Waals surface area (Å²) in [7, 11) is 2.02. The molecule has 0 heterocycles. The van der Waals surface area contributed by atoms with E-state index in [4.69, 9.17) is 0 Å². The second-order valence-corrected chi connectivity index (χ2v) is 6.95. The summed E-state index contributed by atoms with van der Waals surface area (Å²) in [6, 6.07) is 5.74. The first-order valence-electron chi connectivity index (χ1n) is 7.91. The molecule has 1 aliphatic rings. The maximum Gasteiger partial charge on any atom is 0.123 e. The van der Waals surface area contributed by atoms with Crippen LogP contribution in [-0.4, -0.2) is 7.05 Å². The fraction of sp³-hybridized carbons (Fsp3) is 0.667. The van der Waals surface area contributed by atoms with Crippen LogP contribution in [-0.2, 0) is 0 Å². The molecule has 0 bridgehead atoms. The molecule has 0 radical (unpaired) electrons. The van der Waals surface area contributed by atoms with Crippen LogP contribution in [0.5, 0.6) is 0 Å². The van der Waals surface area contributed by atoms with E-state index >= 15 is 0 Å². The monoisotopic (exact) mass is 277 g/mol. The average Bonchev–Trinajstić information content (AvgIpc) is 2.76. The summed E-state index contributed by atoms with van der Waals surface area (Å²) in [6.07, 6.45) is 6.34. The molecule has 1 atom stereocenters. The van der Waals surface area contributed by atoms with Gasteiger partial charge in [-0.2, -0.15) is 0 Å². The van der Waals surface area contributed by atoms with Crippen LogP contribution >= 0.6 is 0 Å². The smallest absolute Gasteiger partial charge is 0.123 e. The lowest BCUT2D eigenvalue weighted by Gasteiger charge is -2.39. The fourth-order valence-electron chi connectivity index (χ4n) is 4.26. The van der Waals surface area contributed by atoms with Crippen molar-refractivity contribution in [1.82, 2.24) is 5.32 Å². The lowest BCUT2D eigenvalue weighted by atomic mass is 9.70. The van der Waals surface area contributed by atoms with Crippen molar-refractivity contribution in [2.45, 2.75) is 58.9 Å². The highest BCUT2D eigenvalue weighted by Crippen LogP contribution is 2.51. The van der Waals surface area contributed by atoms with Crippen molar-refractivity contribution in [3.8, 4) is 0 Å². The second-order valence-electron chi connectivity index (χ2n) is 6.95. The molecule has 0 spiro atoms. The molecule has 0 amide bonds. The number of halogens is 1. The zero-order valence-corrected chi connectivity index (χ0v) is 13.3. The van der Waals surface area contributed by atoms with Gasteiger partial charge in [0.05, 0.1) is 0 Å². The molecule has 1 saturated carbocycles. The third-order valence-corrected chi connectivity index (χ3v) is 4.71. The summed E-state index contributed by atoms with van der Waals surface area (Å²) in [5.74, 6) is 0.566. The summed E-state index contributed by atoms with van der Waals surface area (Å²) >= 11 is 0. The minimum Gasteiger partial charge on any atom is -0.313 e. The summed E-state index contributed by atoms with van der Waals surface area (Å²) in [6.45, 7) is 6.57. The molecule has 2 heteroatoms. The van der Waals surface area contributed by atoms with Crippen molar-refractivity contribution < 1.29 is 4.39 Å². The van der Waals surface area contributed by atoms with Crippen LogP contribution in [0.25, 0.3) is 0 Å². The van der Waals surface area contributed by atoms with Gasteiger partial charge in [-0.05, 0) is 67.8 Å². The molecule has 1 aromatic rings. The molecule has 1 aliphatic carbocycles. The minimum atomic E-state index is -0.113. The van der Waals surface area contributed by atoms with Gasteiger partial charge in [-0.1, -0.05) is 32.8 Å². The van der Waals surface area contributed by atoms with Gasteiger partial charge in [-0.25, -0.2) is 4.39 Å². The summed E-state index contributed by atoms with van der Waals surface area (Å²) in [4.78, 5) is 0. The SMILES string of the molecule is CNC(c1cc(C)cc(F)c1)C1(CC(C)C)CCCC1. The maximum atomic E-state index is 13.8. The van der Waals surface area contributed by atoms with Gasteiger partial charge in [-0.3, -0.25) is 0 Å². The Morgan fingerprint density at radius 3 is 2.35 bits per heavy atom. The highest BCUT2D eigenvalue weighted by atomic mass is 19.1. The number of hydrogen-bond acceptors (Lipinski definition) is 1. The molecule has 0 aliphatic heterocycles. The first-order valence-corrected chi connectivity index (χ1v) is 7.91. The average molecular weight is 277 g/mol. The Labute approximate surface area is 123 Å². The van der Waals surface area contributed by atoms with E-state index in [1.165, 1.54) is 32.1 Å². The van der Waals surface area contributed by atoms with Crippen LogP contribution < -0.4 is 5.32 Å². The number of hydrogen-bond donors (Lipinski definition) is 1. The minimum absolute atomic E-state index is 0.113. The molecule has 20 heavy (non-hydrogen) atoms. The van der Waals surface area contributed by atoms with Gasteiger partial charge in [0.25, 0.3) is 0 Å². The zero-order valence-electron chi connectivity index (χ0n) is 13.3. The Morgan fingerprint density at radius 2 is 1.85 bits per heavy atom. The number of benzene rings is 1. The standard InChI is InChI=1S/C18H28FN/c1-13(2)12-18(7-5-6-8-18)17(20-4)15-9-14(3)10-16(19)11-15/h9-11,13,17,20H,5-8,12H2,1-4H3. The third-order valence-electron chi connectivity index (χ3n) is 4.71. The molecular weight excluding hydrogens is 249 g/mol. The van der Waals surface area contributed by atoms with Gasteiger partial charge < -0.3 is 5.32 Å². The third kappa shape index (κ3) is 3.22. The molecule has 1 nitrogen and oxygen atoms in total. The van der Waals surface area contributed by atoms with E-state index in [1.807, 2.05) is 14.0 Å². The first-order chi connectivity index (χ1) is 9.47. The summed E-state index contributed by atoms with van der Waals surface area (Å²) in [5, 5.41) is 3.49. The summed E-state index contributed by atoms with van der Waals surface area (Å²) < 4.78 is 13.8. The highest BCUT2D eigenvalue weighted by molar-refractivity contribution is 5.28. The topological polar surface area (TPSA) is 12.0 Å². The largest absolute Gasteiger partial charge is 0.313 e. The van der Waals surface area contributed by atoms with E-state index in [0.29, 0.717) is 11.3 Å². The normalized spacial score (nSPS) is 19.5. The Hall–Kier alpha value is -0.890. The van der Waals surface area contributed by atoms with Crippen LogP contribution in [0.4, 0.5) is 4.39 Å². The zero-order chi connectivity index (χ0) is 14.8. The van der Waals surface area contributed by atoms with E-state index in [1.54, 1.807) is 12.1 Å². The van der Waals surface area contributed by atoms with Gasteiger partial charge >= 0.3 is 0 Å². The molecule has 0 aromatic heterocycles. The van der Waals surface area contributed by atoms with Crippen LogP contribution in [0.3, 0.4) is 0 Å². The predicted molar refractivity (Wildman–Crippen MR) is 83.3 cm³/mol.